The molecule has 0 bridgehead atoms. The molecule has 0 spiro atoms. The highest BCUT2D eigenvalue weighted by atomic mass is 19.3. The predicted molar refractivity (Wildman–Crippen MR) is 218 cm³/mol. The topological polar surface area (TPSA) is 71.1 Å². The molecule has 0 atom stereocenters. The van der Waals surface area contributed by atoms with Gasteiger partial charge in [-0.15, -0.1) is 0 Å². The smallest absolute Gasteiger partial charge is 0.344 e. The van der Waals surface area contributed by atoms with Crippen LogP contribution in [0.1, 0.15) is 54.1 Å². The van der Waals surface area contributed by atoms with Crippen LogP contribution in [0.2, 0.25) is 0 Å². The van der Waals surface area contributed by atoms with Gasteiger partial charge in [0.2, 0.25) is 0 Å². The number of hydrogen-bond donors (Lipinski definition) is 0. The monoisotopic (exact) mass is 830 g/mol. The minimum absolute atomic E-state index is 0.262. The Hall–Kier alpha value is -7.60. The molecule has 6 nitrogen and oxygen atoms in total. The number of ketones is 2. The van der Waals surface area contributed by atoms with Crippen LogP contribution in [0.15, 0.2) is 170 Å². The third kappa shape index (κ3) is 8.60. The van der Waals surface area contributed by atoms with E-state index in [2.05, 4.69) is 0 Å². The first-order valence-corrected chi connectivity index (χ1v) is 18.4. The normalized spacial score (nSPS) is 12.4. The minimum Gasteiger partial charge on any atom is -0.497 e. The van der Waals surface area contributed by atoms with Crippen molar-refractivity contribution in [2.75, 3.05) is 14.2 Å². The zero-order valence-electron chi connectivity index (χ0n) is 32.2. The molecule has 306 valence electrons. The van der Waals surface area contributed by atoms with E-state index in [9.17, 15) is 35.9 Å². The Morgan fingerprint density at radius 2 is 0.803 bits per heavy atom. The Kier molecular flexibility index (Phi) is 12.1. The summed E-state index contributed by atoms with van der Waals surface area (Å²) >= 11 is 0. The van der Waals surface area contributed by atoms with Gasteiger partial charge in [0.15, 0.2) is 11.6 Å². The van der Waals surface area contributed by atoms with Crippen molar-refractivity contribution in [2.24, 2.45) is 0 Å². The van der Waals surface area contributed by atoms with Gasteiger partial charge >= 0.3 is 24.2 Å². The van der Waals surface area contributed by atoms with E-state index in [1.165, 1.54) is 60.7 Å². The van der Waals surface area contributed by atoms with Crippen LogP contribution < -0.4 is 18.9 Å². The van der Waals surface area contributed by atoms with Crippen LogP contribution in [-0.2, 0) is 5.41 Å². The second kappa shape index (κ2) is 17.7. The summed E-state index contributed by atoms with van der Waals surface area (Å²) in [7, 11) is 3.08. The van der Waals surface area contributed by atoms with E-state index in [0.717, 1.165) is 11.1 Å². The summed E-state index contributed by atoms with van der Waals surface area (Å²) in [6.07, 6.45) is 0.806. The van der Waals surface area contributed by atoms with E-state index in [-0.39, 0.29) is 34.2 Å². The van der Waals surface area contributed by atoms with Crippen LogP contribution in [0.25, 0.3) is 23.3 Å². The van der Waals surface area contributed by atoms with Crippen molar-refractivity contribution in [3.63, 3.8) is 0 Å². The first-order chi connectivity index (χ1) is 29.4. The lowest BCUT2D eigenvalue weighted by Gasteiger charge is -2.34. The molecule has 61 heavy (non-hydrogen) atoms. The minimum atomic E-state index is -2.66. The van der Waals surface area contributed by atoms with E-state index in [0.29, 0.717) is 44.9 Å². The number of hydrogen-bond acceptors (Lipinski definition) is 6. The van der Waals surface area contributed by atoms with Crippen LogP contribution in [0.5, 0.6) is 23.0 Å². The molecule has 0 aliphatic heterocycles. The molecule has 0 N–H and O–H groups in total. The maximum atomic E-state index is 13.9. The second-order valence-corrected chi connectivity index (χ2v) is 13.5. The quantitative estimate of drug-likeness (QED) is 0.0470. The summed E-state index contributed by atoms with van der Waals surface area (Å²) in [5.74, 6) is 0.0394. The molecule has 6 aromatic rings. The molecular weight excluding hydrogens is 799 g/mol. The Labute approximate surface area is 345 Å². The molecule has 0 radical (unpaired) electrons. The van der Waals surface area contributed by atoms with Crippen LogP contribution in [0.4, 0.5) is 26.3 Å². The highest BCUT2D eigenvalue weighted by Crippen LogP contribution is 2.57. The first kappa shape index (κ1) is 41.6. The van der Waals surface area contributed by atoms with Crippen LogP contribution in [0.3, 0.4) is 0 Å². The summed E-state index contributed by atoms with van der Waals surface area (Å²) in [4.78, 5) is 27.7. The van der Waals surface area contributed by atoms with Gasteiger partial charge in [0.25, 0.3) is 0 Å². The number of ether oxygens (including phenoxy) is 4. The SMILES string of the molecule is COc1ccc(C=CC(=O)c2ccc3c(c2)C(c2ccc(OC(F)=C(F)F)cc2)(c2ccc(OC(F)=C(F)F)cc2)c2cc(C(=O)C=Cc4ccc(OC)cc4)ccc2-3)cc1. The van der Waals surface area contributed by atoms with Gasteiger partial charge < -0.3 is 18.9 Å². The number of carbonyl (C=O) groups excluding carboxylic acids is 2. The molecule has 0 amide bonds. The molecule has 1 aliphatic rings. The number of rotatable bonds is 14. The molecule has 0 aromatic heterocycles. The van der Waals surface area contributed by atoms with Gasteiger partial charge in [-0.2, -0.15) is 26.3 Å². The van der Waals surface area contributed by atoms with Crippen molar-refractivity contribution in [2.45, 2.75) is 5.41 Å². The summed E-state index contributed by atoms with van der Waals surface area (Å²) < 4.78 is 99.7. The fourth-order valence-corrected chi connectivity index (χ4v) is 7.22. The lowest BCUT2D eigenvalue weighted by Crippen LogP contribution is -2.29. The maximum absolute atomic E-state index is 13.9. The molecule has 0 heterocycles. The van der Waals surface area contributed by atoms with E-state index in [1.807, 2.05) is 0 Å². The lowest BCUT2D eigenvalue weighted by molar-refractivity contribution is 0.103. The highest BCUT2D eigenvalue weighted by Gasteiger charge is 2.47. The maximum Gasteiger partial charge on any atom is 0.344 e. The fourth-order valence-electron chi connectivity index (χ4n) is 7.22. The van der Waals surface area contributed by atoms with Crippen LogP contribution in [-0.4, -0.2) is 25.8 Å². The van der Waals surface area contributed by atoms with Crippen molar-refractivity contribution in [1.82, 2.24) is 0 Å². The first-order valence-electron chi connectivity index (χ1n) is 18.4. The fraction of sp³-hybridized carbons (Fsp3) is 0.0612. The molecule has 7 rings (SSSR count). The number of methoxy groups -OCH3 is 2. The molecule has 6 aromatic carbocycles. The van der Waals surface area contributed by atoms with E-state index in [1.54, 1.807) is 111 Å². The lowest BCUT2D eigenvalue weighted by atomic mass is 9.67. The number of allylic oxidation sites excluding steroid dienone is 2. The third-order valence-electron chi connectivity index (χ3n) is 10.1. The molecule has 1 aliphatic carbocycles. The van der Waals surface area contributed by atoms with E-state index < -0.39 is 29.6 Å². The van der Waals surface area contributed by atoms with Crippen molar-refractivity contribution < 1.29 is 54.9 Å². The van der Waals surface area contributed by atoms with Gasteiger partial charge in [-0.3, -0.25) is 9.59 Å². The molecule has 0 fully saturated rings. The Bertz CT molecular complexity index is 2540. The average Bonchev–Trinajstić information content (AvgIpc) is 3.57. The molecule has 0 saturated heterocycles. The van der Waals surface area contributed by atoms with Gasteiger partial charge in [0, 0.05) is 11.1 Å². The Balaban J connectivity index is 1.41. The number of halogens is 6. The number of benzene rings is 6. The largest absolute Gasteiger partial charge is 0.497 e. The van der Waals surface area contributed by atoms with Crippen LogP contribution in [0, 0.1) is 0 Å². The standard InChI is InChI=1S/C49H32F6O6/c1-58-35-15-3-29(4-16-35)7-25-43(56)31-9-23-39-40-24-10-32(44(57)26-8-30-5-17-36(59-2)18-6-30)28-42(40)49(41(39)27-31,33-11-19-37(20-12-33)60-47(54)45(50)51)34-13-21-38(22-14-34)61-48(55)46(52)53/h3-28H,1-2H3. The average molecular weight is 831 g/mol. The zero-order chi connectivity index (χ0) is 43.3. The summed E-state index contributed by atoms with van der Waals surface area (Å²) in [6.45, 7) is 0. The number of fused-ring (bicyclic) bond motifs is 3. The summed E-state index contributed by atoms with van der Waals surface area (Å²) in [6, 6.07) is 31.4. The van der Waals surface area contributed by atoms with Crippen LogP contribution >= 0.6 is 0 Å². The van der Waals surface area contributed by atoms with Crippen molar-refractivity contribution in [1.29, 1.82) is 0 Å². The highest BCUT2D eigenvalue weighted by molar-refractivity contribution is 6.09. The van der Waals surface area contributed by atoms with E-state index in [4.69, 9.17) is 18.9 Å². The molecular formula is C49H32F6O6. The Morgan fingerprint density at radius 1 is 0.459 bits per heavy atom. The Morgan fingerprint density at radius 3 is 1.13 bits per heavy atom. The van der Waals surface area contributed by atoms with Gasteiger partial charge in [0.1, 0.15) is 23.0 Å². The van der Waals surface area contributed by atoms with Crippen molar-refractivity contribution in [3.8, 4) is 34.1 Å². The zero-order valence-corrected chi connectivity index (χ0v) is 32.2. The van der Waals surface area contributed by atoms with E-state index >= 15 is 0 Å². The van der Waals surface area contributed by atoms with Crippen molar-refractivity contribution >= 4 is 23.7 Å². The van der Waals surface area contributed by atoms with Gasteiger partial charge in [-0.25, -0.2) is 0 Å². The number of carbonyl (C=O) groups is 2. The molecule has 0 saturated carbocycles. The second-order valence-electron chi connectivity index (χ2n) is 13.5. The molecule has 12 heteroatoms. The predicted octanol–water partition coefficient (Wildman–Crippen LogP) is 12.7. The summed E-state index contributed by atoms with van der Waals surface area (Å²) in [5.41, 5.74) is 3.84. The summed E-state index contributed by atoms with van der Waals surface area (Å²) in [5, 5.41) is 0. The molecule has 0 unspecified atom stereocenters. The van der Waals surface area contributed by atoms with Gasteiger partial charge in [-0.1, -0.05) is 84.9 Å². The van der Waals surface area contributed by atoms with Gasteiger partial charge in [-0.05, 0) is 117 Å². The van der Waals surface area contributed by atoms with Gasteiger partial charge in [0.05, 0.1) is 19.6 Å². The third-order valence-corrected chi connectivity index (χ3v) is 10.1. The van der Waals surface area contributed by atoms with Crippen molar-refractivity contribution in [3.05, 3.63) is 214 Å².